The second-order valence-corrected chi connectivity index (χ2v) is 12.1. The Hall–Kier alpha value is -3.33. The summed E-state index contributed by atoms with van der Waals surface area (Å²) in [6.45, 7) is 13.1. The largest absolute Gasteiger partial charge is 0.493 e. The van der Waals surface area contributed by atoms with E-state index in [1.165, 1.54) is 33.5 Å². The highest BCUT2D eigenvalue weighted by atomic mass is 19.1. The lowest BCUT2D eigenvalue weighted by atomic mass is 9.84. The second kappa shape index (κ2) is 14.5. The Morgan fingerprint density at radius 2 is 1.54 bits per heavy atom. The molecule has 226 valence electrons. The number of halogens is 1. The number of carbonyl (C=O) groups excluding carboxylic acids is 2. The van der Waals surface area contributed by atoms with Crippen LogP contribution in [-0.2, 0) is 11.3 Å². The standard InChI is InChI=1S/C32H46FN3O5/c1-23(21-32(2,3)4)18-29(37)35-15-12-34(13-16-35)14-17-36(22-24-8-10-26(33)11-9-24)31(38)25-19-27(39-5)30(41-7)28(20-25)40-6/h8-11,19-20,23H,12-18,21-22H2,1-7H3. The fourth-order valence-electron chi connectivity index (χ4n) is 5.48. The van der Waals surface area contributed by atoms with Gasteiger partial charge in [-0.1, -0.05) is 39.8 Å². The third-order valence-electron chi connectivity index (χ3n) is 7.38. The molecule has 2 amide bonds. The van der Waals surface area contributed by atoms with E-state index in [0.717, 1.165) is 25.1 Å². The predicted molar refractivity (Wildman–Crippen MR) is 158 cm³/mol. The Morgan fingerprint density at radius 1 is 0.951 bits per heavy atom. The number of methoxy groups -OCH3 is 3. The summed E-state index contributed by atoms with van der Waals surface area (Å²) < 4.78 is 29.9. The van der Waals surface area contributed by atoms with Gasteiger partial charge in [0, 0.05) is 57.8 Å². The van der Waals surface area contributed by atoms with E-state index < -0.39 is 0 Å². The van der Waals surface area contributed by atoms with E-state index in [4.69, 9.17) is 14.2 Å². The van der Waals surface area contributed by atoms with Crippen molar-refractivity contribution in [2.45, 2.75) is 47.1 Å². The highest BCUT2D eigenvalue weighted by Crippen LogP contribution is 2.38. The Labute approximate surface area is 244 Å². The van der Waals surface area contributed by atoms with E-state index in [1.54, 1.807) is 29.2 Å². The third-order valence-corrected chi connectivity index (χ3v) is 7.38. The molecular weight excluding hydrogens is 525 g/mol. The Balaban J connectivity index is 1.68. The highest BCUT2D eigenvalue weighted by Gasteiger charge is 2.26. The first-order valence-electron chi connectivity index (χ1n) is 14.3. The van der Waals surface area contributed by atoms with Gasteiger partial charge in [-0.05, 0) is 47.6 Å². The van der Waals surface area contributed by atoms with E-state index in [9.17, 15) is 14.0 Å². The van der Waals surface area contributed by atoms with Crippen molar-refractivity contribution in [3.63, 3.8) is 0 Å². The molecule has 3 rings (SSSR count). The lowest BCUT2D eigenvalue weighted by Crippen LogP contribution is -2.50. The van der Waals surface area contributed by atoms with E-state index in [-0.39, 0.29) is 23.0 Å². The molecule has 1 aliphatic heterocycles. The van der Waals surface area contributed by atoms with E-state index in [2.05, 4.69) is 32.6 Å². The second-order valence-electron chi connectivity index (χ2n) is 12.1. The van der Waals surface area contributed by atoms with Crippen molar-refractivity contribution in [3.8, 4) is 17.2 Å². The Bertz CT molecular complexity index is 1130. The van der Waals surface area contributed by atoms with Crippen molar-refractivity contribution < 1.29 is 28.2 Å². The minimum absolute atomic E-state index is 0.199. The van der Waals surface area contributed by atoms with E-state index in [0.29, 0.717) is 67.9 Å². The van der Waals surface area contributed by atoms with Gasteiger partial charge in [0.25, 0.3) is 5.91 Å². The number of rotatable bonds is 12. The SMILES string of the molecule is COc1cc(C(=O)N(CCN2CCN(C(=O)CC(C)CC(C)(C)C)CC2)Cc2ccc(F)cc2)cc(OC)c1OC. The molecule has 0 N–H and O–H groups in total. The number of amides is 2. The first-order valence-corrected chi connectivity index (χ1v) is 14.3. The van der Waals surface area contributed by atoms with Gasteiger partial charge in [-0.25, -0.2) is 4.39 Å². The third kappa shape index (κ3) is 9.35. The topological polar surface area (TPSA) is 71.6 Å². The number of ether oxygens (including phenoxy) is 3. The first-order chi connectivity index (χ1) is 19.4. The summed E-state index contributed by atoms with van der Waals surface area (Å²) in [5.74, 6) is 1.26. The Kier molecular flexibility index (Phi) is 11.4. The van der Waals surface area contributed by atoms with Crippen LogP contribution in [0.5, 0.6) is 17.2 Å². The van der Waals surface area contributed by atoms with Gasteiger partial charge in [-0.3, -0.25) is 14.5 Å². The lowest BCUT2D eigenvalue weighted by Gasteiger charge is -2.36. The molecule has 1 heterocycles. The van der Waals surface area contributed by atoms with Gasteiger partial charge in [0.1, 0.15) is 5.82 Å². The minimum atomic E-state index is -0.323. The summed E-state index contributed by atoms with van der Waals surface area (Å²) in [4.78, 5) is 32.7. The molecule has 0 spiro atoms. The number of piperazine rings is 1. The summed E-state index contributed by atoms with van der Waals surface area (Å²) in [5, 5.41) is 0. The number of carbonyl (C=O) groups is 2. The highest BCUT2D eigenvalue weighted by molar-refractivity contribution is 5.95. The zero-order valence-corrected chi connectivity index (χ0v) is 25.7. The van der Waals surface area contributed by atoms with Crippen LogP contribution < -0.4 is 14.2 Å². The van der Waals surface area contributed by atoms with Crippen LogP contribution in [0.2, 0.25) is 0 Å². The van der Waals surface area contributed by atoms with Crippen molar-refractivity contribution >= 4 is 11.8 Å². The smallest absolute Gasteiger partial charge is 0.254 e. The molecule has 1 aliphatic rings. The van der Waals surface area contributed by atoms with Crippen LogP contribution in [0.4, 0.5) is 4.39 Å². The van der Waals surface area contributed by atoms with E-state index >= 15 is 0 Å². The van der Waals surface area contributed by atoms with Crippen molar-refractivity contribution in [2.75, 3.05) is 60.6 Å². The molecule has 2 aromatic rings. The molecule has 0 aromatic heterocycles. The predicted octanol–water partition coefficient (Wildman–Crippen LogP) is 5.10. The van der Waals surface area contributed by atoms with E-state index in [1.807, 2.05) is 4.90 Å². The number of hydrogen-bond donors (Lipinski definition) is 0. The van der Waals surface area contributed by atoms with Crippen molar-refractivity contribution in [1.82, 2.24) is 14.7 Å². The first kappa shape index (κ1) is 32.2. The molecule has 2 aromatic carbocycles. The van der Waals surface area contributed by atoms with Gasteiger partial charge >= 0.3 is 0 Å². The van der Waals surface area contributed by atoms with Crippen LogP contribution in [0.25, 0.3) is 0 Å². The molecule has 9 heteroatoms. The maximum absolute atomic E-state index is 13.8. The van der Waals surface area contributed by atoms with Crippen molar-refractivity contribution in [2.24, 2.45) is 11.3 Å². The quantitative estimate of drug-likeness (QED) is 0.353. The summed E-state index contributed by atoms with van der Waals surface area (Å²) in [6, 6.07) is 9.47. The minimum Gasteiger partial charge on any atom is -0.493 e. The zero-order valence-electron chi connectivity index (χ0n) is 25.7. The molecular formula is C32H46FN3O5. The monoisotopic (exact) mass is 571 g/mol. The molecule has 0 bridgehead atoms. The van der Waals surface area contributed by atoms with Crippen LogP contribution in [-0.4, -0.2) is 87.1 Å². The van der Waals surface area contributed by atoms with Gasteiger partial charge in [-0.15, -0.1) is 0 Å². The number of nitrogens with zero attached hydrogens (tertiary/aromatic N) is 3. The van der Waals surface area contributed by atoms with Crippen LogP contribution in [0.3, 0.4) is 0 Å². The molecule has 1 unspecified atom stereocenters. The maximum atomic E-state index is 13.8. The molecule has 0 aliphatic carbocycles. The molecule has 1 atom stereocenters. The fourth-order valence-corrected chi connectivity index (χ4v) is 5.48. The summed E-state index contributed by atoms with van der Waals surface area (Å²) in [6.07, 6.45) is 1.59. The Morgan fingerprint density at radius 3 is 2.05 bits per heavy atom. The van der Waals surface area contributed by atoms with Gasteiger partial charge in [-0.2, -0.15) is 0 Å². The molecule has 1 fully saturated rings. The molecule has 0 saturated carbocycles. The summed E-state index contributed by atoms with van der Waals surface area (Å²) in [5.41, 5.74) is 1.44. The van der Waals surface area contributed by atoms with Gasteiger partial charge in [0.2, 0.25) is 11.7 Å². The fraction of sp³-hybridized carbons (Fsp3) is 0.562. The van der Waals surface area contributed by atoms with Crippen LogP contribution >= 0.6 is 0 Å². The zero-order chi connectivity index (χ0) is 30.2. The van der Waals surface area contributed by atoms with Gasteiger partial charge in [0.05, 0.1) is 21.3 Å². The summed E-state index contributed by atoms with van der Waals surface area (Å²) in [7, 11) is 4.54. The van der Waals surface area contributed by atoms with Crippen molar-refractivity contribution in [1.29, 1.82) is 0 Å². The lowest BCUT2D eigenvalue weighted by molar-refractivity contribution is -0.134. The van der Waals surface area contributed by atoms with Crippen molar-refractivity contribution in [3.05, 3.63) is 53.3 Å². The maximum Gasteiger partial charge on any atom is 0.254 e. The summed E-state index contributed by atoms with van der Waals surface area (Å²) >= 11 is 0. The molecule has 1 saturated heterocycles. The normalized spacial score (nSPS) is 14.9. The average molecular weight is 572 g/mol. The van der Waals surface area contributed by atoms with Gasteiger partial charge < -0.3 is 24.0 Å². The molecule has 41 heavy (non-hydrogen) atoms. The average Bonchev–Trinajstić information content (AvgIpc) is 2.94. The van der Waals surface area contributed by atoms with Crippen LogP contribution in [0.1, 0.15) is 56.5 Å². The molecule has 8 nitrogen and oxygen atoms in total. The number of benzene rings is 2. The number of hydrogen-bond acceptors (Lipinski definition) is 6. The van der Waals surface area contributed by atoms with Crippen LogP contribution in [0.15, 0.2) is 36.4 Å². The molecule has 0 radical (unpaired) electrons. The van der Waals surface area contributed by atoms with Crippen LogP contribution in [0, 0.1) is 17.2 Å². The van der Waals surface area contributed by atoms with Gasteiger partial charge in [0.15, 0.2) is 11.5 Å².